The van der Waals surface area contributed by atoms with Crippen LogP contribution in [0.2, 0.25) is 0 Å². The predicted octanol–water partition coefficient (Wildman–Crippen LogP) is 5.15. The third-order valence-corrected chi connectivity index (χ3v) is 4.87. The van der Waals surface area contributed by atoms with Gasteiger partial charge in [-0.15, -0.1) is 0 Å². The van der Waals surface area contributed by atoms with Gasteiger partial charge in [0.15, 0.2) is 5.70 Å². The fraction of sp³-hybridized carbons (Fsp3) is 0. The van der Waals surface area contributed by atoms with Crippen LogP contribution in [0, 0.1) is 5.82 Å². The first kappa shape index (κ1) is 19.7. The maximum atomic E-state index is 13.4. The van der Waals surface area contributed by atoms with E-state index in [1.807, 2.05) is 0 Å². The summed E-state index contributed by atoms with van der Waals surface area (Å²) in [5.41, 5.74) is 1.54. The van der Waals surface area contributed by atoms with Gasteiger partial charge >= 0.3 is 11.9 Å². The largest absolute Gasteiger partial charge is 0.423 e. The first-order valence-corrected chi connectivity index (χ1v) is 9.64. The quantitative estimate of drug-likeness (QED) is 0.303. The zero-order valence-electron chi connectivity index (χ0n) is 15.3. The number of carbonyl (C=O) groups excluding carboxylic acids is 2. The molecule has 0 amide bonds. The van der Waals surface area contributed by atoms with Gasteiger partial charge in [0.25, 0.3) is 0 Å². The molecular weight excluding hydrogens is 453 g/mol. The van der Waals surface area contributed by atoms with E-state index in [9.17, 15) is 14.0 Å². The van der Waals surface area contributed by atoms with Crippen LogP contribution in [0.4, 0.5) is 4.39 Å². The number of esters is 2. The summed E-state index contributed by atoms with van der Waals surface area (Å²) in [7, 11) is 0. The van der Waals surface area contributed by atoms with Gasteiger partial charge in [-0.25, -0.2) is 19.0 Å². The number of carbonyl (C=O) groups is 2. The van der Waals surface area contributed by atoms with Gasteiger partial charge in [-0.05, 0) is 70.0 Å². The van der Waals surface area contributed by atoms with Crippen LogP contribution in [0.3, 0.4) is 0 Å². The number of aliphatic imine (C=N–C) groups is 1. The van der Waals surface area contributed by atoms with Gasteiger partial charge in [0, 0.05) is 10.0 Å². The minimum atomic E-state index is -0.626. The van der Waals surface area contributed by atoms with E-state index in [1.165, 1.54) is 24.3 Å². The molecule has 7 heteroatoms. The van der Waals surface area contributed by atoms with Crippen molar-refractivity contribution in [2.24, 2.45) is 4.99 Å². The van der Waals surface area contributed by atoms with Crippen molar-refractivity contribution in [2.45, 2.75) is 0 Å². The number of rotatable bonds is 4. The highest BCUT2D eigenvalue weighted by Gasteiger charge is 2.24. The minimum absolute atomic E-state index is 0.0461. The van der Waals surface area contributed by atoms with E-state index < -0.39 is 17.8 Å². The topological polar surface area (TPSA) is 65.0 Å². The van der Waals surface area contributed by atoms with Crippen molar-refractivity contribution in [2.75, 3.05) is 0 Å². The van der Waals surface area contributed by atoms with Crippen LogP contribution in [0.1, 0.15) is 21.5 Å². The smallest absolute Gasteiger partial charge is 0.363 e. The Bertz CT molecular complexity index is 1200. The van der Waals surface area contributed by atoms with E-state index >= 15 is 0 Å². The molecule has 0 saturated carbocycles. The molecule has 0 aliphatic carbocycles. The van der Waals surface area contributed by atoms with Gasteiger partial charge in [0.05, 0.1) is 5.56 Å². The Morgan fingerprint density at radius 3 is 2.53 bits per heavy atom. The highest BCUT2D eigenvalue weighted by atomic mass is 79.9. The van der Waals surface area contributed by atoms with Gasteiger partial charge in [0.2, 0.25) is 5.90 Å². The van der Waals surface area contributed by atoms with E-state index in [-0.39, 0.29) is 11.6 Å². The second-order valence-corrected chi connectivity index (χ2v) is 7.14. The van der Waals surface area contributed by atoms with Gasteiger partial charge < -0.3 is 9.47 Å². The van der Waals surface area contributed by atoms with E-state index in [2.05, 4.69) is 20.9 Å². The molecule has 3 aromatic carbocycles. The molecule has 5 nitrogen and oxygen atoms in total. The third-order valence-electron chi connectivity index (χ3n) is 4.18. The molecule has 0 fully saturated rings. The number of hydrogen-bond acceptors (Lipinski definition) is 5. The Hall–Kier alpha value is -3.58. The Balaban J connectivity index is 1.50. The van der Waals surface area contributed by atoms with E-state index in [4.69, 9.17) is 9.47 Å². The number of cyclic esters (lactones) is 1. The van der Waals surface area contributed by atoms with Crippen molar-refractivity contribution < 1.29 is 23.5 Å². The van der Waals surface area contributed by atoms with E-state index in [1.54, 1.807) is 54.6 Å². The second kappa shape index (κ2) is 8.42. The number of ether oxygens (including phenoxy) is 2. The molecule has 1 heterocycles. The number of hydrogen-bond donors (Lipinski definition) is 0. The van der Waals surface area contributed by atoms with E-state index in [0.29, 0.717) is 26.9 Å². The van der Waals surface area contributed by atoms with Crippen LogP contribution in [0.15, 0.2) is 88.0 Å². The standard InChI is InChI=1S/C23H13BrFNO4/c24-19-7-2-1-6-18(19)22(27)29-17-10-8-14(9-11-17)12-20-23(28)30-21(26-20)15-4-3-5-16(25)13-15/h1-13H. The molecule has 0 atom stereocenters. The highest BCUT2D eigenvalue weighted by molar-refractivity contribution is 9.10. The van der Waals surface area contributed by atoms with Crippen LogP contribution < -0.4 is 4.74 Å². The maximum absolute atomic E-state index is 13.4. The summed E-state index contributed by atoms with van der Waals surface area (Å²) in [6, 6.07) is 19.2. The average Bonchev–Trinajstić information content (AvgIpc) is 3.10. The molecule has 0 saturated heterocycles. The minimum Gasteiger partial charge on any atom is -0.423 e. The molecule has 1 aliphatic rings. The van der Waals surface area contributed by atoms with Gasteiger partial charge in [-0.2, -0.15) is 0 Å². The first-order valence-electron chi connectivity index (χ1n) is 8.85. The molecule has 0 N–H and O–H groups in total. The van der Waals surface area contributed by atoms with Crippen molar-refractivity contribution in [3.63, 3.8) is 0 Å². The fourth-order valence-corrected chi connectivity index (χ4v) is 3.18. The van der Waals surface area contributed by atoms with Crippen LogP contribution in [0.25, 0.3) is 6.08 Å². The second-order valence-electron chi connectivity index (χ2n) is 6.28. The van der Waals surface area contributed by atoms with Gasteiger partial charge in [0.1, 0.15) is 11.6 Å². The lowest BCUT2D eigenvalue weighted by Crippen LogP contribution is -2.09. The molecule has 148 valence electrons. The van der Waals surface area contributed by atoms with Crippen molar-refractivity contribution in [1.29, 1.82) is 0 Å². The SMILES string of the molecule is O=C1OC(c2cccc(F)c2)=NC1=Cc1ccc(OC(=O)c2ccccc2Br)cc1. The molecule has 4 rings (SSSR count). The number of nitrogens with zero attached hydrogens (tertiary/aromatic N) is 1. The van der Waals surface area contributed by atoms with Crippen molar-refractivity contribution in [3.05, 3.63) is 105 Å². The first-order chi connectivity index (χ1) is 14.5. The molecule has 3 aromatic rings. The maximum Gasteiger partial charge on any atom is 0.363 e. The average molecular weight is 466 g/mol. The normalized spacial score (nSPS) is 14.4. The molecule has 0 unspecified atom stereocenters. The van der Waals surface area contributed by atoms with Crippen LogP contribution >= 0.6 is 15.9 Å². The molecule has 0 bridgehead atoms. The summed E-state index contributed by atoms with van der Waals surface area (Å²) in [6.07, 6.45) is 1.54. The lowest BCUT2D eigenvalue weighted by molar-refractivity contribution is -0.129. The fourth-order valence-electron chi connectivity index (χ4n) is 2.73. The lowest BCUT2D eigenvalue weighted by atomic mass is 10.2. The Labute approximate surface area is 179 Å². The van der Waals surface area contributed by atoms with Crippen LogP contribution in [-0.4, -0.2) is 17.8 Å². The summed E-state index contributed by atoms with van der Waals surface area (Å²) >= 11 is 3.32. The molecule has 0 spiro atoms. The third kappa shape index (κ3) is 4.36. The molecule has 0 radical (unpaired) electrons. The predicted molar refractivity (Wildman–Crippen MR) is 113 cm³/mol. The Kier molecular flexibility index (Phi) is 5.54. The van der Waals surface area contributed by atoms with Crippen molar-refractivity contribution in [1.82, 2.24) is 0 Å². The zero-order valence-corrected chi connectivity index (χ0v) is 16.9. The van der Waals surface area contributed by atoms with Gasteiger partial charge in [-0.3, -0.25) is 0 Å². The number of halogens is 2. The zero-order chi connectivity index (χ0) is 21.1. The molecule has 0 aromatic heterocycles. The van der Waals surface area contributed by atoms with Gasteiger partial charge in [-0.1, -0.05) is 30.3 Å². The Morgan fingerprint density at radius 1 is 1.03 bits per heavy atom. The lowest BCUT2D eigenvalue weighted by Gasteiger charge is -2.06. The molecule has 1 aliphatic heterocycles. The molecular formula is C23H13BrFNO4. The van der Waals surface area contributed by atoms with Crippen LogP contribution in [-0.2, 0) is 9.53 Å². The summed E-state index contributed by atoms with van der Waals surface area (Å²) in [5, 5.41) is 0. The summed E-state index contributed by atoms with van der Waals surface area (Å²) in [5.74, 6) is -1.16. The monoisotopic (exact) mass is 465 g/mol. The summed E-state index contributed by atoms with van der Waals surface area (Å²) < 4.78 is 24.5. The summed E-state index contributed by atoms with van der Waals surface area (Å²) in [6.45, 7) is 0. The number of benzene rings is 3. The van der Waals surface area contributed by atoms with Crippen molar-refractivity contribution >= 4 is 39.8 Å². The van der Waals surface area contributed by atoms with Crippen molar-refractivity contribution in [3.8, 4) is 5.75 Å². The highest BCUT2D eigenvalue weighted by Crippen LogP contribution is 2.22. The Morgan fingerprint density at radius 2 is 1.80 bits per heavy atom. The molecule has 30 heavy (non-hydrogen) atoms. The van der Waals surface area contributed by atoms with Crippen LogP contribution in [0.5, 0.6) is 5.75 Å². The summed E-state index contributed by atoms with van der Waals surface area (Å²) in [4.78, 5) is 28.5. The van der Waals surface area contributed by atoms with E-state index in [0.717, 1.165) is 0 Å².